The number of esters is 1. The number of benzene rings is 2. The number of fused-ring (bicyclic) bond motifs is 5. The standard InChI is InChI=1S/C28H31NO4/c1-28(2,3)20-11-13-21(14-12-20)33-27(32)22(15-17-7-5-4-6-8-17)29-25(30)23-18-9-10-19(16-18)24(23)26(29)31/h4-8,11-14,18-19,22-24H,9-10,15-16H2,1-3H3. The van der Waals surface area contributed by atoms with E-state index in [9.17, 15) is 14.4 Å². The third kappa shape index (κ3) is 3.88. The van der Waals surface area contributed by atoms with Gasteiger partial charge in [0.2, 0.25) is 11.8 Å². The SMILES string of the molecule is CC(C)(C)c1ccc(OC(=O)C(Cc2ccccc2)N2C(=O)C3C4CCC(C4)C3C2=O)cc1. The van der Waals surface area contributed by atoms with Gasteiger partial charge in [0.15, 0.2) is 0 Å². The normalized spacial score (nSPS) is 27.1. The van der Waals surface area contributed by atoms with Crippen LogP contribution in [0.2, 0.25) is 0 Å². The summed E-state index contributed by atoms with van der Waals surface area (Å²) in [6.45, 7) is 6.37. The van der Waals surface area contributed by atoms with Crippen LogP contribution in [0.4, 0.5) is 0 Å². The molecule has 1 heterocycles. The number of carbonyl (C=O) groups excluding carboxylic acids is 3. The molecule has 5 heteroatoms. The lowest BCUT2D eigenvalue weighted by Gasteiger charge is -2.26. The quantitative estimate of drug-likeness (QED) is 0.385. The highest BCUT2D eigenvalue weighted by Crippen LogP contribution is 2.56. The van der Waals surface area contributed by atoms with Crippen molar-refractivity contribution < 1.29 is 19.1 Å². The molecule has 33 heavy (non-hydrogen) atoms. The maximum atomic E-state index is 13.4. The Kier molecular flexibility index (Phi) is 5.38. The molecule has 2 aliphatic carbocycles. The van der Waals surface area contributed by atoms with Crippen molar-refractivity contribution in [2.24, 2.45) is 23.7 Å². The Balaban J connectivity index is 1.42. The monoisotopic (exact) mass is 445 g/mol. The zero-order valence-corrected chi connectivity index (χ0v) is 19.5. The number of ether oxygens (including phenoxy) is 1. The van der Waals surface area contributed by atoms with E-state index in [1.807, 2.05) is 42.5 Å². The van der Waals surface area contributed by atoms with Gasteiger partial charge in [-0.15, -0.1) is 0 Å². The fourth-order valence-electron chi connectivity index (χ4n) is 6.06. The number of likely N-dealkylation sites (tertiary alicyclic amines) is 1. The van der Waals surface area contributed by atoms with Crippen LogP contribution in [-0.4, -0.2) is 28.7 Å². The number of imide groups is 1. The van der Waals surface area contributed by atoms with Crippen LogP contribution in [0.5, 0.6) is 5.75 Å². The molecule has 2 bridgehead atoms. The number of carbonyl (C=O) groups is 3. The molecule has 2 saturated carbocycles. The third-order valence-corrected chi connectivity index (χ3v) is 7.76. The molecule has 2 aromatic carbocycles. The van der Waals surface area contributed by atoms with Gasteiger partial charge in [0.25, 0.3) is 0 Å². The topological polar surface area (TPSA) is 63.7 Å². The van der Waals surface area contributed by atoms with Gasteiger partial charge in [-0.2, -0.15) is 0 Å². The molecule has 3 fully saturated rings. The Bertz CT molecular complexity index is 1040. The molecule has 0 N–H and O–H groups in total. The van der Waals surface area contributed by atoms with E-state index >= 15 is 0 Å². The van der Waals surface area contributed by atoms with E-state index in [2.05, 4.69) is 20.8 Å². The van der Waals surface area contributed by atoms with Crippen LogP contribution in [0, 0.1) is 23.7 Å². The van der Waals surface area contributed by atoms with Gasteiger partial charge in [-0.3, -0.25) is 14.5 Å². The van der Waals surface area contributed by atoms with Crippen molar-refractivity contribution in [3.8, 4) is 5.75 Å². The van der Waals surface area contributed by atoms with Crippen molar-refractivity contribution in [3.63, 3.8) is 0 Å². The lowest BCUT2D eigenvalue weighted by Crippen LogP contribution is -2.49. The first kappa shape index (κ1) is 21.9. The van der Waals surface area contributed by atoms with E-state index in [4.69, 9.17) is 4.74 Å². The molecule has 5 unspecified atom stereocenters. The second kappa shape index (κ2) is 8.12. The minimum absolute atomic E-state index is 0.0100. The first-order chi connectivity index (χ1) is 15.7. The second-order valence-electron chi connectivity index (χ2n) is 10.8. The average Bonchev–Trinajstić information content (AvgIpc) is 3.47. The molecule has 1 aliphatic heterocycles. The summed E-state index contributed by atoms with van der Waals surface area (Å²) in [7, 11) is 0. The summed E-state index contributed by atoms with van der Waals surface area (Å²) >= 11 is 0. The van der Waals surface area contributed by atoms with Crippen LogP contribution < -0.4 is 4.74 Å². The lowest BCUT2D eigenvalue weighted by atomic mass is 9.81. The molecular formula is C28H31NO4. The maximum absolute atomic E-state index is 13.4. The zero-order valence-electron chi connectivity index (χ0n) is 19.5. The summed E-state index contributed by atoms with van der Waals surface area (Å²) in [6, 6.07) is 16.0. The van der Waals surface area contributed by atoms with Gasteiger partial charge < -0.3 is 4.74 Å². The van der Waals surface area contributed by atoms with Gasteiger partial charge in [-0.1, -0.05) is 63.2 Å². The molecule has 0 aromatic heterocycles. The van der Waals surface area contributed by atoms with Crippen LogP contribution in [-0.2, 0) is 26.2 Å². The first-order valence-corrected chi connectivity index (χ1v) is 12.0. The molecule has 172 valence electrons. The average molecular weight is 446 g/mol. The van der Waals surface area contributed by atoms with Crippen LogP contribution >= 0.6 is 0 Å². The number of rotatable bonds is 5. The highest BCUT2D eigenvalue weighted by atomic mass is 16.5. The lowest BCUT2D eigenvalue weighted by molar-refractivity contribution is -0.154. The van der Waals surface area contributed by atoms with Crippen molar-refractivity contribution in [2.45, 2.75) is 57.9 Å². The highest BCUT2D eigenvalue weighted by Gasteiger charge is 2.62. The number of hydrogen-bond donors (Lipinski definition) is 0. The van der Waals surface area contributed by atoms with Gasteiger partial charge >= 0.3 is 5.97 Å². The van der Waals surface area contributed by atoms with Crippen LogP contribution in [0.1, 0.15) is 51.2 Å². The molecule has 2 amide bonds. The van der Waals surface area contributed by atoms with Crippen LogP contribution in [0.25, 0.3) is 0 Å². The maximum Gasteiger partial charge on any atom is 0.335 e. The summed E-state index contributed by atoms with van der Waals surface area (Å²) < 4.78 is 5.73. The molecule has 5 atom stereocenters. The van der Waals surface area contributed by atoms with Gasteiger partial charge in [-0.05, 0) is 59.8 Å². The van der Waals surface area contributed by atoms with Gasteiger partial charge in [0.05, 0.1) is 11.8 Å². The van der Waals surface area contributed by atoms with E-state index in [1.165, 1.54) is 4.90 Å². The Labute approximate surface area is 195 Å². The van der Waals surface area contributed by atoms with Gasteiger partial charge in [0, 0.05) is 6.42 Å². The Morgan fingerprint density at radius 1 is 0.939 bits per heavy atom. The fraction of sp³-hybridized carbons (Fsp3) is 0.464. The molecule has 1 saturated heterocycles. The predicted octanol–water partition coefficient (Wildman–Crippen LogP) is 4.53. The molecular weight excluding hydrogens is 414 g/mol. The Morgan fingerprint density at radius 3 is 2.06 bits per heavy atom. The van der Waals surface area contributed by atoms with E-state index in [0.29, 0.717) is 5.75 Å². The van der Waals surface area contributed by atoms with Crippen molar-refractivity contribution >= 4 is 17.8 Å². The summed E-state index contributed by atoms with van der Waals surface area (Å²) in [5.74, 6) is -0.459. The second-order valence-corrected chi connectivity index (χ2v) is 10.8. The number of hydrogen-bond acceptors (Lipinski definition) is 4. The van der Waals surface area contributed by atoms with E-state index in [-0.39, 0.29) is 47.3 Å². The molecule has 2 aromatic rings. The molecule has 0 spiro atoms. The summed E-state index contributed by atoms with van der Waals surface area (Å²) in [4.78, 5) is 41.5. The summed E-state index contributed by atoms with van der Waals surface area (Å²) in [5, 5.41) is 0. The van der Waals surface area contributed by atoms with E-state index in [0.717, 1.165) is 30.4 Å². The van der Waals surface area contributed by atoms with Gasteiger partial charge in [-0.25, -0.2) is 4.79 Å². The van der Waals surface area contributed by atoms with Crippen LogP contribution in [0.3, 0.4) is 0 Å². The minimum Gasteiger partial charge on any atom is -0.425 e. The predicted molar refractivity (Wildman–Crippen MR) is 124 cm³/mol. The number of amides is 2. The molecule has 5 rings (SSSR count). The van der Waals surface area contributed by atoms with Crippen molar-refractivity contribution in [2.75, 3.05) is 0 Å². The zero-order chi connectivity index (χ0) is 23.3. The molecule has 0 radical (unpaired) electrons. The number of nitrogens with zero attached hydrogens (tertiary/aromatic N) is 1. The summed E-state index contributed by atoms with van der Waals surface area (Å²) in [6.07, 6.45) is 3.24. The Hall–Kier alpha value is -2.95. The van der Waals surface area contributed by atoms with E-state index < -0.39 is 12.0 Å². The Morgan fingerprint density at radius 2 is 1.52 bits per heavy atom. The fourth-order valence-corrected chi connectivity index (χ4v) is 6.06. The minimum atomic E-state index is -0.959. The smallest absolute Gasteiger partial charge is 0.335 e. The summed E-state index contributed by atoms with van der Waals surface area (Å²) in [5.41, 5.74) is 2.02. The largest absolute Gasteiger partial charge is 0.425 e. The third-order valence-electron chi connectivity index (χ3n) is 7.76. The van der Waals surface area contributed by atoms with Crippen molar-refractivity contribution in [1.29, 1.82) is 0 Å². The molecule has 3 aliphatic rings. The highest BCUT2D eigenvalue weighted by molar-refractivity contribution is 6.08. The van der Waals surface area contributed by atoms with Gasteiger partial charge in [0.1, 0.15) is 11.8 Å². The van der Waals surface area contributed by atoms with Crippen molar-refractivity contribution in [3.05, 3.63) is 65.7 Å². The van der Waals surface area contributed by atoms with Crippen molar-refractivity contribution in [1.82, 2.24) is 4.90 Å². The van der Waals surface area contributed by atoms with Crippen LogP contribution in [0.15, 0.2) is 54.6 Å². The molecule has 5 nitrogen and oxygen atoms in total. The first-order valence-electron chi connectivity index (χ1n) is 12.0. The van der Waals surface area contributed by atoms with E-state index in [1.54, 1.807) is 12.1 Å².